The number of benzene rings is 2. The third-order valence-electron chi connectivity index (χ3n) is 4.37. The van der Waals surface area contributed by atoms with Crippen LogP contribution in [0.2, 0.25) is 0 Å². The molecule has 0 aliphatic carbocycles. The summed E-state index contributed by atoms with van der Waals surface area (Å²) in [5, 5.41) is 24.1. The molecule has 1 aromatic heterocycles. The molecule has 0 spiro atoms. The number of para-hydroxylation sites is 1. The first-order valence-electron chi connectivity index (χ1n) is 8.84. The number of nitrogens with zero attached hydrogens (tertiary/aromatic N) is 5. The quantitative estimate of drug-likeness (QED) is 0.619. The highest BCUT2D eigenvalue weighted by Crippen LogP contribution is 2.26. The fourth-order valence-electron chi connectivity index (χ4n) is 2.50. The molecule has 3 aromatic rings. The lowest BCUT2D eigenvalue weighted by Crippen LogP contribution is -2.44. The van der Waals surface area contributed by atoms with Crippen LogP contribution in [0.25, 0.3) is 5.69 Å². The van der Waals surface area contributed by atoms with Crippen molar-refractivity contribution in [3.05, 3.63) is 66.0 Å². The molecule has 28 heavy (non-hydrogen) atoms. The summed E-state index contributed by atoms with van der Waals surface area (Å²) in [5.74, 6) is 0.911. The van der Waals surface area contributed by atoms with Gasteiger partial charge in [-0.15, -0.1) is 16.9 Å². The van der Waals surface area contributed by atoms with E-state index in [4.69, 9.17) is 0 Å². The topological polar surface area (TPSA) is 96.5 Å². The molecule has 0 aliphatic rings. The van der Waals surface area contributed by atoms with Crippen molar-refractivity contribution in [1.82, 2.24) is 25.5 Å². The Morgan fingerprint density at radius 3 is 2.64 bits per heavy atom. The maximum Gasteiger partial charge on any atom is 0.253 e. The Labute approximate surface area is 167 Å². The molecule has 2 aromatic carbocycles. The van der Waals surface area contributed by atoms with E-state index in [1.807, 2.05) is 55.5 Å². The maximum absolute atomic E-state index is 12.7. The number of amides is 1. The molecule has 0 bridgehead atoms. The monoisotopic (exact) mass is 392 g/mol. The van der Waals surface area contributed by atoms with E-state index in [1.165, 1.54) is 11.8 Å². The average Bonchev–Trinajstić information content (AvgIpc) is 3.21. The van der Waals surface area contributed by atoms with Gasteiger partial charge in [0.25, 0.3) is 5.91 Å². The smallest absolute Gasteiger partial charge is 0.253 e. The van der Waals surface area contributed by atoms with Crippen molar-refractivity contribution < 1.29 is 4.79 Å². The van der Waals surface area contributed by atoms with Crippen molar-refractivity contribution in [3.8, 4) is 11.8 Å². The Morgan fingerprint density at radius 1 is 1.21 bits per heavy atom. The van der Waals surface area contributed by atoms with Crippen molar-refractivity contribution in [2.24, 2.45) is 0 Å². The Balaban J connectivity index is 1.78. The lowest BCUT2D eigenvalue weighted by molar-refractivity contribution is 0.0920. The van der Waals surface area contributed by atoms with Gasteiger partial charge in [-0.25, -0.2) is 0 Å². The van der Waals surface area contributed by atoms with Gasteiger partial charge in [0.2, 0.25) is 0 Å². The van der Waals surface area contributed by atoms with Crippen LogP contribution in [0, 0.1) is 11.3 Å². The number of rotatable bonds is 7. The van der Waals surface area contributed by atoms with E-state index >= 15 is 0 Å². The summed E-state index contributed by atoms with van der Waals surface area (Å²) in [6.45, 7) is 3.59. The van der Waals surface area contributed by atoms with Crippen LogP contribution in [0.3, 0.4) is 0 Å². The summed E-state index contributed by atoms with van der Waals surface area (Å²) in [4.78, 5) is 13.5. The molecule has 1 atom stereocenters. The van der Waals surface area contributed by atoms with E-state index in [0.717, 1.165) is 10.6 Å². The average molecular weight is 392 g/mol. The number of aromatic nitrogens is 4. The normalized spacial score (nSPS) is 12.8. The van der Waals surface area contributed by atoms with Crippen LogP contribution in [0.4, 0.5) is 0 Å². The van der Waals surface area contributed by atoms with Crippen molar-refractivity contribution in [1.29, 1.82) is 5.26 Å². The Hall–Kier alpha value is -3.18. The van der Waals surface area contributed by atoms with E-state index in [1.54, 1.807) is 17.7 Å². The first-order chi connectivity index (χ1) is 13.6. The number of carbonyl (C=O) groups excluding carboxylic acids is 1. The van der Waals surface area contributed by atoms with Gasteiger partial charge in [0.05, 0.1) is 23.1 Å². The van der Waals surface area contributed by atoms with Gasteiger partial charge < -0.3 is 5.32 Å². The van der Waals surface area contributed by atoms with Crippen LogP contribution in [-0.2, 0) is 5.75 Å². The summed E-state index contributed by atoms with van der Waals surface area (Å²) in [7, 11) is 0. The molecule has 7 nitrogen and oxygen atoms in total. The molecule has 0 radical (unpaired) electrons. The van der Waals surface area contributed by atoms with E-state index in [9.17, 15) is 10.1 Å². The highest BCUT2D eigenvalue weighted by molar-refractivity contribution is 7.98. The minimum absolute atomic E-state index is 0.267. The maximum atomic E-state index is 12.7. The molecule has 0 saturated heterocycles. The molecule has 8 heteroatoms. The first-order valence-corrected chi connectivity index (χ1v) is 9.83. The van der Waals surface area contributed by atoms with Gasteiger partial charge in [-0.3, -0.25) is 4.79 Å². The second kappa shape index (κ2) is 8.67. The largest absolute Gasteiger partial charge is 0.334 e. The lowest BCUT2D eigenvalue weighted by atomic mass is 10.0. The number of nitrogens with one attached hydrogen (secondary N) is 1. The molecular weight excluding hydrogens is 372 g/mol. The lowest BCUT2D eigenvalue weighted by Gasteiger charge is -2.22. The zero-order chi connectivity index (χ0) is 20.0. The summed E-state index contributed by atoms with van der Waals surface area (Å²) in [6, 6.07) is 19.1. The highest BCUT2D eigenvalue weighted by atomic mass is 32.2. The number of carbonyl (C=O) groups is 1. The second-order valence-corrected chi connectivity index (χ2v) is 7.40. The fraction of sp³-hybridized carbons (Fsp3) is 0.250. The van der Waals surface area contributed by atoms with Crippen LogP contribution < -0.4 is 5.32 Å². The van der Waals surface area contributed by atoms with Crippen molar-refractivity contribution >= 4 is 17.7 Å². The van der Waals surface area contributed by atoms with E-state index in [2.05, 4.69) is 26.9 Å². The summed E-state index contributed by atoms with van der Waals surface area (Å²) in [6.07, 6.45) is 0.524. The summed E-state index contributed by atoms with van der Waals surface area (Å²) >= 11 is 1.48. The van der Waals surface area contributed by atoms with E-state index in [-0.39, 0.29) is 5.91 Å². The van der Waals surface area contributed by atoms with Crippen LogP contribution in [-0.4, -0.2) is 31.7 Å². The molecule has 0 fully saturated rings. The number of tetrazole rings is 1. The number of hydrogen-bond donors (Lipinski definition) is 1. The minimum Gasteiger partial charge on any atom is -0.334 e. The zero-order valence-corrected chi connectivity index (χ0v) is 16.5. The van der Waals surface area contributed by atoms with Gasteiger partial charge in [-0.1, -0.05) is 37.3 Å². The van der Waals surface area contributed by atoms with Gasteiger partial charge in [-0.2, -0.15) is 9.94 Å². The zero-order valence-electron chi connectivity index (χ0n) is 15.7. The van der Waals surface area contributed by atoms with Crippen molar-refractivity contribution in [2.45, 2.75) is 36.5 Å². The predicted molar refractivity (Wildman–Crippen MR) is 107 cm³/mol. The third kappa shape index (κ3) is 4.38. The molecule has 3 rings (SSSR count). The number of thioether (sulfide) groups is 1. The van der Waals surface area contributed by atoms with Gasteiger partial charge in [-0.05, 0) is 48.0 Å². The molecule has 1 N–H and O–H groups in total. The first kappa shape index (κ1) is 19.6. The standard InChI is InChI=1S/C20H20N6OS/c1-3-20(2,14-21)22-19(27)16-11-7-8-12-17(16)28-13-18-23-24-25-26(18)15-9-5-4-6-10-15/h4-12H,3,13H2,1-2H3,(H,22,27)/t20-/m0/s1. The minimum atomic E-state index is -0.897. The van der Waals surface area contributed by atoms with Crippen LogP contribution in [0.1, 0.15) is 36.5 Å². The van der Waals surface area contributed by atoms with Gasteiger partial charge in [0, 0.05) is 4.90 Å². The Morgan fingerprint density at radius 2 is 1.93 bits per heavy atom. The highest BCUT2D eigenvalue weighted by Gasteiger charge is 2.25. The van der Waals surface area contributed by atoms with Gasteiger partial charge >= 0.3 is 0 Å². The second-order valence-electron chi connectivity index (χ2n) is 6.38. The molecular formula is C20H20N6OS. The molecule has 142 valence electrons. The Kier molecular flexibility index (Phi) is 6.06. The van der Waals surface area contributed by atoms with Gasteiger partial charge in [0.1, 0.15) is 5.54 Å². The van der Waals surface area contributed by atoms with Crippen molar-refractivity contribution in [2.75, 3.05) is 0 Å². The third-order valence-corrected chi connectivity index (χ3v) is 5.44. The number of hydrogen-bond acceptors (Lipinski definition) is 6. The predicted octanol–water partition coefficient (Wildman–Crippen LogP) is 3.38. The molecule has 0 saturated carbocycles. The van der Waals surface area contributed by atoms with Crippen LogP contribution in [0.15, 0.2) is 59.5 Å². The molecule has 0 unspecified atom stereocenters. The van der Waals surface area contributed by atoms with Crippen LogP contribution in [0.5, 0.6) is 0 Å². The summed E-state index contributed by atoms with van der Waals surface area (Å²) in [5.41, 5.74) is 0.509. The van der Waals surface area contributed by atoms with E-state index < -0.39 is 5.54 Å². The molecule has 0 aliphatic heterocycles. The number of nitriles is 1. The van der Waals surface area contributed by atoms with E-state index in [0.29, 0.717) is 23.6 Å². The SMILES string of the molecule is CC[C@@](C)(C#N)NC(=O)c1ccccc1SCc1nnnn1-c1ccccc1. The van der Waals surface area contributed by atoms with Gasteiger partial charge in [0.15, 0.2) is 5.82 Å². The summed E-state index contributed by atoms with van der Waals surface area (Å²) < 4.78 is 1.68. The van der Waals surface area contributed by atoms with Crippen LogP contribution >= 0.6 is 11.8 Å². The fourth-order valence-corrected chi connectivity index (χ4v) is 3.46. The molecule has 1 heterocycles. The Bertz CT molecular complexity index is 997. The van der Waals surface area contributed by atoms with Crippen molar-refractivity contribution in [3.63, 3.8) is 0 Å². The molecule has 1 amide bonds.